The minimum atomic E-state index is 1.29. The summed E-state index contributed by atoms with van der Waals surface area (Å²) >= 11 is 3.79. The van der Waals surface area contributed by atoms with Crippen LogP contribution in [0.5, 0.6) is 0 Å². The lowest BCUT2D eigenvalue weighted by Crippen LogP contribution is -1.77. The molecule has 29 heavy (non-hydrogen) atoms. The first kappa shape index (κ1) is 14.8. The summed E-state index contributed by atoms with van der Waals surface area (Å²) in [5.41, 5.74) is 2.58. The summed E-state index contributed by atoms with van der Waals surface area (Å²) in [4.78, 5) is 3.92. The SMILES string of the molecule is c1ccc2c(c1)sc1cc3ccc4cc5sc6ccccc6c5c5[nH]c(c12)c3c45. The fraction of sp³-hybridized carbons (Fsp3) is 0. The smallest absolute Gasteiger partial charge is 0.0565 e. The summed E-state index contributed by atoms with van der Waals surface area (Å²) in [6.45, 7) is 0. The van der Waals surface area contributed by atoms with E-state index in [-0.39, 0.29) is 0 Å². The molecular weight excluding hydrogens is 390 g/mol. The number of benzene rings is 5. The highest BCUT2D eigenvalue weighted by atomic mass is 32.1. The predicted octanol–water partition coefficient (Wildman–Crippen LogP) is 8.65. The van der Waals surface area contributed by atoms with E-state index in [1.165, 1.54) is 72.9 Å². The molecule has 0 saturated heterocycles. The molecule has 1 N–H and O–H groups in total. The average Bonchev–Trinajstić information content (AvgIpc) is 3.42. The van der Waals surface area contributed by atoms with Crippen molar-refractivity contribution in [3.63, 3.8) is 0 Å². The Kier molecular flexibility index (Phi) is 2.49. The van der Waals surface area contributed by atoms with Crippen molar-refractivity contribution in [3.8, 4) is 0 Å². The van der Waals surface area contributed by atoms with Crippen LogP contribution >= 0.6 is 22.7 Å². The van der Waals surface area contributed by atoms with E-state index in [1.54, 1.807) is 0 Å². The number of hydrogen-bond donors (Lipinski definition) is 1. The third kappa shape index (κ3) is 1.68. The molecule has 8 rings (SSSR count). The quantitative estimate of drug-likeness (QED) is 0.244. The lowest BCUT2D eigenvalue weighted by atomic mass is 9.98. The minimum Gasteiger partial charge on any atom is -0.353 e. The number of aromatic amines is 1. The Balaban J connectivity index is 1.75. The van der Waals surface area contributed by atoms with Crippen LogP contribution in [-0.4, -0.2) is 4.98 Å². The molecule has 8 aromatic rings. The van der Waals surface area contributed by atoms with Crippen LogP contribution in [0.2, 0.25) is 0 Å². The standard InChI is InChI=1S/C26H13NS2/c1-3-7-17-15(5-1)23-19(28-17)11-13-9-10-14-12-20-24(16-6-2-4-8-18(16)29-20)26-22(14)21(13)25(23)27-26/h1-12,27H. The molecule has 0 bridgehead atoms. The second-order valence-electron chi connectivity index (χ2n) is 7.83. The van der Waals surface area contributed by atoms with Crippen molar-refractivity contribution in [1.82, 2.24) is 4.98 Å². The molecule has 5 aromatic carbocycles. The van der Waals surface area contributed by atoms with Crippen molar-refractivity contribution < 1.29 is 0 Å². The third-order valence-corrected chi connectivity index (χ3v) is 8.57. The van der Waals surface area contributed by atoms with Gasteiger partial charge in [-0.15, -0.1) is 22.7 Å². The van der Waals surface area contributed by atoms with Gasteiger partial charge in [0, 0.05) is 51.1 Å². The Bertz CT molecular complexity index is 1770. The predicted molar refractivity (Wildman–Crippen MR) is 130 cm³/mol. The highest BCUT2D eigenvalue weighted by Gasteiger charge is 2.20. The van der Waals surface area contributed by atoms with E-state index in [0.717, 1.165) is 0 Å². The van der Waals surface area contributed by atoms with E-state index in [2.05, 4.69) is 77.8 Å². The first-order chi connectivity index (χ1) is 14.4. The van der Waals surface area contributed by atoms with Gasteiger partial charge in [-0.3, -0.25) is 0 Å². The minimum absolute atomic E-state index is 1.29. The van der Waals surface area contributed by atoms with E-state index >= 15 is 0 Å². The second kappa shape index (κ2) is 4.88. The fourth-order valence-corrected chi connectivity index (χ4v) is 7.50. The summed E-state index contributed by atoms with van der Waals surface area (Å²) in [5, 5.41) is 10.9. The van der Waals surface area contributed by atoms with Crippen molar-refractivity contribution in [2.75, 3.05) is 0 Å². The van der Waals surface area contributed by atoms with Gasteiger partial charge in [0.15, 0.2) is 0 Å². The largest absolute Gasteiger partial charge is 0.353 e. The molecule has 0 saturated carbocycles. The number of fused-ring (bicyclic) bond motifs is 8. The Hall–Kier alpha value is -3.14. The van der Waals surface area contributed by atoms with Crippen LogP contribution in [0.3, 0.4) is 0 Å². The van der Waals surface area contributed by atoms with Gasteiger partial charge in [-0.2, -0.15) is 0 Å². The number of thiophene rings is 2. The van der Waals surface area contributed by atoms with E-state index < -0.39 is 0 Å². The summed E-state index contributed by atoms with van der Waals surface area (Å²) in [6.07, 6.45) is 0. The van der Waals surface area contributed by atoms with Gasteiger partial charge in [0.05, 0.1) is 11.0 Å². The van der Waals surface area contributed by atoms with Crippen molar-refractivity contribution >= 4 is 95.6 Å². The lowest BCUT2D eigenvalue weighted by Gasteiger charge is -2.04. The highest BCUT2D eigenvalue weighted by Crippen LogP contribution is 2.47. The maximum Gasteiger partial charge on any atom is 0.0565 e. The monoisotopic (exact) mass is 403 g/mol. The van der Waals surface area contributed by atoms with Crippen LogP contribution in [0.15, 0.2) is 72.8 Å². The van der Waals surface area contributed by atoms with Gasteiger partial charge >= 0.3 is 0 Å². The average molecular weight is 404 g/mol. The molecule has 3 heteroatoms. The molecule has 0 fully saturated rings. The Morgan fingerprint density at radius 1 is 0.483 bits per heavy atom. The molecule has 3 heterocycles. The first-order valence-corrected chi connectivity index (χ1v) is 11.4. The summed E-state index contributed by atoms with van der Waals surface area (Å²) in [7, 11) is 0. The molecule has 3 aromatic heterocycles. The van der Waals surface area contributed by atoms with Gasteiger partial charge in [-0.1, -0.05) is 48.5 Å². The number of hydrogen-bond acceptors (Lipinski definition) is 2. The van der Waals surface area contributed by atoms with Gasteiger partial charge in [-0.05, 0) is 35.0 Å². The maximum atomic E-state index is 3.92. The molecule has 0 aliphatic rings. The third-order valence-electron chi connectivity index (χ3n) is 6.34. The van der Waals surface area contributed by atoms with Crippen LogP contribution in [0, 0.1) is 0 Å². The lowest BCUT2D eigenvalue weighted by molar-refractivity contribution is 1.60. The molecule has 0 spiro atoms. The van der Waals surface area contributed by atoms with E-state index in [4.69, 9.17) is 0 Å². The van der Waals surface area contributed by atoms with E-state index in [1.807, 2.05) is 22.7 Å². The zero-order valence-corrected chi connectivity index (χ0v) is 16.9. The van der Waals surface area contributed by atoms with Crippen LogP contribution in [0.25, 0.3) is 72.9 Å². The molecule has 0 unspecified atom stereocenters. The first-order valence-electron chi connectivity index (χ1n) is 9.79. The molecule has 1 nitrogen and oxygen atoms in total. The Morgan fingerprint density at radius 2 is 0.966 bits per heavy atom. The summed E-state index contributed by atoms with van der Waals surface area (Å²) < 4.78 is 5.43. The van der Waals surface area contributed by atoms with Crippen LogP contribution in [0.1, 0.15) is 0 Å². The van der Waals surface area contributed by atoms with Gasteiger partial charge < -0.3 is 4.98 Å². The van der Waals surface area contributed by atoms with Crippen LogP contribution in [0.4, 0.5) is 0 Å². The fourth-order valence-electron chi connectivity index (χ4n) is 5.17. The van der Waals surface area contributed by atoms with Gasteiger partial charge in [0.25, 0.3) is 0 Å². The number of H-pyrrole nitrogens is 1. The van der Waals surface area contributed by atoms with E-state index in [0.29, 0.717) is 0 Å². The van der Waals surface area contributed by atoms with Gasteiger partial charge in [0.2, 0.25) is 0 Å². The normalized spacial score (nSPS) is 12.8. The highest BCUT2D eigenvalue weighted by molar-refractivity contribution is 7.26. The van der Waals surface area contributed by atoms with Crippen molar-refractivity contribution in [3.05, 3.63) is 72.8 Å². The molecule has 0 aliphatic heterocycles. The van der Waals surface area contributed by atoms with Crippen molar-refractivity contribution in [2.24, 2.45) is 0 Å². The molecule has 0 atom stereocenters. The summed E-state index contributed by atoms with van der Waals surface area (Å²) in [5.74, 6) is 0. The molecule has 0 amide bonds. The Labute approximate surface area is 173 Å². The van der Waals surface area contributed by atoms with Crippen molar-refractivity contribution in [2.45, 2.75) is 0 Å². The number of aromatic nitrogens is 1. The van der Waals surface area contributed by atoms with Crippen LogP contribution in [-0.2, 0) is 0 Å². The zero-order valence-electron chi connectivity index (χ0n) is 15.2. The number of nitrogens with one attached hydrogen (secondary N) is 1. The van der Waals surface area contributed by atoms with E-state index in [9.17, 15) is 0 Å². The maximum absolute atomic E-state index is 3.92. The van der Waals surface area contributed by atoms with Crippen molar-refractivity contribution in [1.29, 1.82) is 0 Å². The van der Waals surface area contributed by atoms with Crippen LogP contribution < -0.4 is 0 Å². The zero-order chi connectivity index (χ0) is 18.7. The molecule has 0 aliphatic carbocycles. The second-order valence-corrected chi connectivity index (χ2v) is 10.0. The van der Waals surface area contributed by atoms with Gasteiger partial charge in [0.1, 0.15) is 0 Å². The van der Waals surface area contributed by atoms with Gasteiger partial charge in [-0.25, -0.2) is 0 Å². The molecule has 0 radical (unpaired) electrons. The summed E-state index contributed by atoms with van der Waals surface area (Å²) in [6, 6.07) is 26.9. The molecular formula is C26H13NS2. The Morgan fingerprint density at radius 3 is 1.48 bits per heavy atom. The molecule has 134 valence electrons. The number of rotatable bonds is 0. The topological polar surface area (TPSA) is 15.8 Å².